The standard InChI is InChI=1S/C13H15BrO4/c1-8-5-6-10(9(2)7-8)13(14,11(15)17-3)12(16)18-4/h5-7H,1-4H3. The lowest BCUT2D eigenvalue weighted by Crippen LogP contribution is -2.40. The van der Waals surface area contributed by atoms with Crippen molar-refractivity contribution in [3.63, 3.8) is 0 Å². The molecule has 0 aliphatic rings. The Morgan fingerprint density at radius 3 is 2.00 bits per heavy atom. The highest BCUT2D eigenvalue weighted by Crippen LogP contribution is 2.36. The molecule has 0 fully saturated rings. The summed E-state index contributed by atoms with van der Waals surface area (Å²) in [4.78, 5) is 23.8. The number of methoxy groups -OCH3 is 2. The SMILES string of the molecule is COC(=O)C(Br)(C(=O)OC)c1ccc(C)cc1C. The minimum absolute atomic E-state index is 0.520. The monoisotopic (exact) mass is 314 g/mol. The maximum absolute atomic E-state index is 11.9. The zero-order valence-corrected chi connectivity index (χ0v) is 12.3. The van der Waals surface area contributed by atoms with Crippen molar-refractivity contribution in [2.75, 3.05) is 14.2 Å². The van der Waals surface area contributed by atoms with E-state index in [1.54, 1.807) is 6.07 Å². The summed E-state index contributed by atoms with van der Waals surface area (Å²) in [5, 5.41) is 0. The van der Waals surface area contributed by atoms with Gasteiger partial charge in [-0.05, 0) is 25.0 Å². The summed E-state index contributed by atoms with van der Waals surface area (Å²) in [6.07, 6.45) is 0. The van der Waals surface area contributed by atoms with Gasteiger partial charge in [0.2, 0.25) is 4.32 Å². The van der Waals surface area contributed by atoms with E-state index in [0.29, 0.717) is 5.56 Å². The van der Waals surface area contributed by atoms with Crippen LogP contribution in [0, 0.1) is 13.8 Å². The molecular formula is C13H15BrO4. The first-order valence-corrected chi connectivity index (χ1v) is 6.10. The van der Waals surface area contributed by atoms with Gasteiger partial charge in [-0.2, -0.15) is 0 Å². The summed E-state index contributed by atoms with van der Waals surface area (Å²) in [5.41, 5.74) is 2.37. The van der Waals surface area contributed by atoms with Gasteiger partial charge in [0.25, 0.3) is 0 Å². The first-order chi connectivity index (χ1) is 8.37. The van der Waals surface area contributed by atoms with Gasteiger partial charge < -0.3 is 9.47 Å². The number of esters is 2. The minimum Gasteiger partial charge on any atom is -0.467 e. The maximum Gasteiger partial charge on any atom is 0.338 e. The van der Waals surface area contributed by atoms with Crippen LogP contribution >= 0.6 is 15.9 Å². The Bertz CT molecular complexity index is 466. The fourth-order valence-electron chi connectivity index (χ4n) is 1.78. The molecule has 1 aromatic rings. The normalized spacial score (nSPS) is 10.9. The summed E-state index contributed by atoms with van der Waals surface area (Å²) < 4.78 is 7.77. The number of halogens is 1. The molecule has 1 aromatic carbocycles. The summed E-state index contributed by atoms with van der Waals surface area (Å²) in [7, 11) is 2.45. The van der Waals surface area contributed by atoms with Crippen LogP contribution < -0.4 is 0 Å². The van der Waals surface area contributed by atoms with Gasteiger partial charge in [0.05, 0.1) is 14.2 Å². The molecule has 0 saturated carbocycles. The molecule has 18 heavy (non-hydrogen) atoms. The maximum atomic E-state index is 11.9. The van der Waals surface area contributed by atoms with Gasteiger partial charge in [-0.15, -0.1) is 0 Å². The molecule has 0 unspecified atom stereocenters. The Balaban J connectivity index is 3.44. The van der Waals surface area contributed by atoms with E-state index in [9.17, 15) is 9.59 Å². The van der Waals surface area contributed by atoms with E-state index in [1.165, 1.54) is 14.2 Å². The number of rotatable bonds is 3. The van der Waals surface area contributed by atoms with Crippen molar-refractivity contribution in [3.05, 3.63) is 34.9 Å². The fourth-order valence-corrected chi connectivity index (χ4v) is 2.55. The molecule has 0 aromatic heterocycles. The lowest BCUT2D eigenvalue weighted by atomic mass is 9.93. The molecule has 0 atom stereocenters. The highest BCUT2D eigenvalue weighted by Gasteiger charge is 2.48. The van der Waals surface area contributed by atoms with Gasteiger partial charge in [0, 0.05) is 0 Å². The lowest BCUT2D eigenvalue weighted by Gasteiger charge is -2.24. The van der Waals surface area contributed by atoms with Crippen LogP contribution in [0.4, 0.5) is 0 Å². The number of ether oxygens (including phenoxy) is 2. The molecule has 0 spiro atoms. The third-order valence-corrected chi connectivity index (χ3v) is 3.76. The topological polar surface area (TPSA) is 52.6 Å². The Morgan fingerprint density at radius 1 is 1.11 bits per heavy atom. The second kappa shape index (κ2) is 5.52. The Kier molecular flexibility index (Phi) is 4.51. The summed E-state index contributed by atoms with van der Waals surface area (Å²) in [6.45, 7) is 3.76. The van der Waals surface area contributed by atoms with Crippen molar-refractivity contribution in [1.82, 2.24) is 0 Å². The van der Waals surface area contributed by atoms with Gasteiger partial charge in [-0.25, -0.2) is 9.59 Å². The van der Waals surface area contributed by atoms with Crippen LogP contribution in [0.25, 0.3) is 0 Å². The smallest absolute Gasteiger partial charge is 0.338 e. The minimum atomic E-state index is -1.62. The number of carbonyl (C=O) groups excluding carboxylic acids is 2. The molecule has 0 bridgehead atoms. The zero-order chi connectivity index (χ0) is 13.9. The van der Waals surface area contributed by atoms with E-state index in [4.69, 9.17) is 9.47 Å². The van der Waals surface area contributed by atoms with Crippen LogP contribution in [0.2, 0.25) is 0 Å². The van der Waals surface area contributed by atoms with Crippen LogP contribution in [-0.2, 0) is 23.4 Å². The van der Waals surface area contributed by atoms with Crippen molar-refractivity contribution in [2.45, 2.75) is 18.2 Å². The van der Waals surface area contributed by atoms with Crippen LogP contribution in [0.5, 0.6) is 0 Å². The Morgan fingerprint density at radius 2 is 1.61 bits per heavy atom. The van der Waals surface area contributed by atoms with Crippen molar-refractivity contribution >= 4 is 27.9 Å². The molecular weight excluding hydrogens is 300 g/mol. The number of hydrogen-bond donors (Lipinski definition) is 0. The number of benzene rings is 1. The van der Waals surface area contributed by atoms with Crippen molar-refractivity contribution in [3.8, 4) is 0 Å². The van der Waals surface area contributed by atoms with Gasteiger partial charge in [-0.1, -0.05) is 39.7 Å². The number of alkyl halides is 1. The molecule has 0 aliphatic heterocycles. The highest BCUT2D eigenvalue weighted by molar-refractivity contribution is 9.10. The number of hydrogen-bond acceptors (Lipinski definition) is 4. The molecule has 0 amide bonds. The van der Waals surface area contributed by atoms with Crippen molar-refractivity contribution in [2.24, 2.45) is 0 Å². The molecule has 5 heteroatoms. The van der Waals surface area contributed by atoms with E-state index in [2.05, 4.69) is 15.9 Å². The second-order valence-corrected chi connectivity index (χ2v) is 5.15. The molecule has 0 N–H and O–H groups in total. The van der Waals surface area contributed by atoms with E-state index < -0.39 is 16.3 Å². The molecule has 0 aliphatic carbocycles. The second-order valence-electron chi connectivity index (χ2n) is 3.96. The van der Waals surface area contributed by atoms with Gasteiger partial charge in [0.15, 0.2) is 0 Å². The van der Waals surface area contributed by atoms with E-state index in [1.807, 2.05) is 26.0 Å². The average molecular weight is 315 g/mol. The van der Waals surface area contributed by atoms with E-state index >= 15 is 0 Å². The van der Waals surface area contributed by atoms with Crippen LogP contribution in [0.15, 0.2) is 18.2 Å². The molecule has 98 valence electrons. The predicted octanol–water partition coefficient (Wildman–Crippen LogP) is 2.24. The van der Waals surface area contributed by atoms with Crippen molar-refractivity contribution in [1.29, 1.82) is 0 Å². The van der Waals surface area contributed by atoms with Gasteiger partial charge >= 0.3 is 11.9 Å². The van der Waals surface area contributed by atoms with Crippen LogP contribution in [0.1, 0.15) is 16.7 Å². The molecule has 4 nitrogen and oxygen atoms in total. The number of carbonyl (C=O) groups is 2. The third kappa shape index (κ3) is 2.41. The first kappa shape index (κ1) is 14.7. The zero-order valence-electron chi connectivity index (χ0n) is 10.7. The summed E-state index contributed by atoms with van der Waals surface area (Å²) >= 11 is 3.17. The predicted molar refractivity (Wildman–Crippen MR) is 70.6 cm³/mol. The van der Waals surface area contributed by atoms with E-state index in [0.717, 1.165) is 11.1 Å². The molecule has 0 heterocycles. The molecule has 1 rings (SSSR count). The van der Waals surface area contributed by atoms with E-state index in [-0.39, 0.29) is 0 Å². The highest BCUT2D eigenvalue weighted by atomic mass is 79.9. The molecule has 0 radical (unpaired) electrons. The molecule has 0 saturated heterocycles. The van der Waals surface area contributed by atoms with Crippen molar-refractivity contribution < 1.29 is 19.1 Å². The fraction of sp³-hybridized carbons (Fsp3) is 0.385. The summed E-state index contributed by atoms with van der Waals surface area (Å²) in [6, 6.07) is 5.43. The van der Waals surface area contributed by atoms with Crippen LogP contribution in [-0.4, -0.2) is 26.2 Å². The largest absolute Gasteiger partial charge is 0.467 e. The van der Waals surface area contributed by atoms with Crippen LogP contribution in [0.3, 0.4) is 0 Å². The Hall–Kier alpha value is -1.36. The Labute approximate surface area is 114 Å². The third-order valence-electron chi connectivity index (χ3n) is 2.69. The summed E-state index contributed by atoms with van der Waals surface area (Å²) in [5.74, 6) is -1.41. The number of aryl methyl sites for hydroxylation is 2. The van der Waals surface area contributed by atoms with Gasteiger partial charge in [0.1, 0.15) is 0 Å². The lowest BCUT2D eigenvalue weighted by molar-refractivity contribution is -0.156. The average Bonchev–Trinajstić information content (AvgIpc) is 2.35. The first-order valence-electron chi connectivity index (χ1n) is 5.31. The van der Waals surface area contributed by atoms with Gasteiger partial charge in [-0.3, -0.25) is 0 Å². The quantitative estimate of drug-likeness (QED) is 0.488.